The Morgan fingerprint density at radius 3 is 2.54 bits per heavy atom. The summed E-state index contributed by atoms with van der Waals surface area (Å²) in [4.78, 5) is 36.4. The number of nitro benzene ring substituents is 1. The van der Waals surface area contributed by atoms with Gasteiger partial charge in [-0.25, -0.2) is 4.39 Å². The number of nitro groups is 1. The zero-order valence-corrected chi connectivity index (χ0v) is 15.2. The smallest absolute Gasteiger partial charge is 0.322 e. The highest BCUT2D eigenvalue weighted by Crippen LogP contribution is 2.41. The third-order valence-corrected chi connectivity index (χ3v) is 4.85. The van der Waals surface area contributed by atoms with Gasteiger partial charge in [0.25, 0.3) is 11.1 Å². The monoisotopic (exact) mass is 404 g/mol. The fourth-order valence-corrected chi connectivity index (χ4v) is 3.46. The maximum Gasteiger partial charge on any atom is 0.322 e. The third kappa shape index (κ3) is 3.67. The normalized spacial score (nSPS) is 15.4. The molecule has 0 atom stereocenters. The predicted molar refractivity (Wildman–Crippen MR) is 99.2 cm³/mol. The van der Waals surface area contributed by atoms with Crippen LogP contribution in [0.5, 0.6) is 11.5 Å². The van der Waals surface area contributed by atoms with Gasteiger partial charge in [-0.2, -0.15) is 0 Å². The first kappa shape index (κ1) is 19.4. The van der Waals surface area contributed by atoms with Gasteiger partial charge >= 0.3 is 5.69 Å². The van der Waals surface area contributed by atoms with Crippen molar-refractivity contribution in [2.24, 2.45) is 0 Å². The topological polar surface area (TPSA) is 110 Å². The second-order valence-electron chi connectivity index (χ2n) is 5.71. The number of hydrogen-bond donors (Lipinski definition) is 1. The van der Waals surface area contributed by atoms with Crippen LogP contribution in [0.3, 0.4) is 0 Å². The Labute approximate surface area is 162 Å². The van der Waals surface area contributed by atoms with Gasteiger partial charge in [0.1, 0.15) is 5.82 Å². The summed E-state index contributed by atoms with van der Waals surface area (Å²) in [5.74, 6) is -1.83. The van der Waals surface area contributed by atoms with Crippen molar-refractivity contribution in [2.45, 2.75) is 6.54 Å². The van der Waals surface area contributed by atoms with Crippen LogP contribution in [0.4, 0.5) is 14.9 Å². The number of halogens is 1. The van der Waals surface area contributed by atoms with Crippen molar-refractivity contribution in [2.75, 3.05) is 7.11 Å². The van der Waals surface area contributed by atoms with Gasteiger partial charge in [0.2, 0.25) is 5.75 Å². The summed E-state index contributed by atoms with van der Waals surface area (Å²) in [5, 5.41) is 20.6. The van der Waals surface area contributed by atoms with Gasteiger partial charge in [-0.3, -0.25) is 24.6 Å². The summed E-state index contributed by atoms with van der Waals surface area (Å²) in [5.41, 5.74) is 0.0435. The molecule has 0 unspecified atom stereocenters. The lowest BCUT2D eigenvalue weighted by molar-refractivity contribution is -0.386. The van der Waals surface area contributed by atoms with Crippen LogP contribution in [-0.2, 0) is 11.3 Å². The third-order valence-electron chi connectivity index (χ3n) is 3.94. The Hall–Kier alpha value is -3.40. The summed E-state index contributed by atoms with van der Waals surface area (Å²) in [7, 11) is 1.17. The Kier molecular flexibility index (Phi) is 5.32. The SMILES string of the molecule is COc1c(O)ccc(/C=C2\SC(=O)N(Cc3ccc(F)cc3)C2=O)c1[N+](=O)[O-]. The molecule has 0 aromatic heterocycles. The van der Waals surface area contributed by atoms with E-state index in [1.807, 2.05) is 0 Å². The molecule has 0 spiro atoms. The minimum atomic E-state index is -0.743. The fourth-order valence-electron chi connectivity index (χ4n) is 2.63. The average Bonchev–Trinajstić information content (AvgIpc) is 2.91. The Morgan fingerprint density at radius 1 is 1.25 bits per heavy atom. The van der Waals surface area contributed by atoms with E-state index < -0.39 is 33.3 Å². The minimum Gasteiger partial charge on any atom is -0.504 e. The van der Waals surface area contributed by atoms with E-state index in [-0.39, 0.29) is 22.8 Å². The Balaban J connectivity index is 1.94. The number of phenolic OH excluding ortho intramolecular Hbond substituents is 1. The fraction of sp³-hybridized carbons (Fsp3) is 0.111. The molecule has 3 rings (SSSR count). The quantitative estimate of drug-likeness (QED) is 0.460. The molecule has 1 aliphatic heterocycles. The summed E-state index contributed by atoms with van der Waals surface area (Å²) in [6.07, 6.45) is 1.20. The Morgan fingerprint density at radius 2 is 1.93 bits per heavy atom. The minimum absolute atomic E-state index is 0.00642. The van der Waals surface area contributed by atoms with E-state index in [1.54, 1.807) is 0 Å². The van der Waals surface area contributed by atoms with E-state index in [0.29, 0.717) is 17.3 Å². The maximum atomic E-state index is 13.0. The van der Waals surface area contributed by atoms with Gasteiger partial charge in [-0.05, 0) is 47.7 Å². The molecule has 0 saturated carbocycles. The van der Waals surface area contributed by atoms with Crippen molar-refractivity contribution in [3.05, 3.63) is 68.4 Å². The number of ether oxygens (including phenoxy) is 1. The van der Waals surface area contributed by atoms with Crippen molar-refractivity contribution in [1.29, 1.82) is 0 Å². The molecule has 2 amide bonds. The number of hydrogen-bond acceptors (Lipinski definition) is 7. The van der Waals surface area contributed by atoms with E-state index >= 15 is 0 Å². The Bertz CT molecular complexity index is 1010. The first-order valence-corrected chi connectivity index (χ1v) is 8.67. The maximum absolute atomic E-state index is 13.0. The van der Waals surface area contributed by atoms with Crippen molar-refractivity contribution in [3.63, 3.8) is 0 Å². The van der Waals surface area contributed by atoms with Crippen molar-refractivity contribution < 1.29 is 28.7 Å². The number of thioether (sulfide) groups is 1. The molecule has 144 valence electrons. The number of rotatable bonds is 5. The van der Waals surface area contributed by atoms with Crippen LogP contribution in [0, 0.1) is 15.9 Å². The molecular weight excluding hydrogens is 391 g/mol. The largest absolute Gasteiger partial charge is 0.504 e. The number of carbonyl (C=O) groups excluding carboxylic acids is 2. The summed E-state index contributed by atoms with van der Waals surface area (Å²) in [6, 6.07) is 7.80. The lowest BCUT2D eigenvalue weighted by atomic mass is 10.1. The molecule has 10 heteroatoms. The number of imide groups is 1. The van der Waals surface area contributed by atoms with Crippen molar-refractivity contribution in [1.82, 2.24) is 4.90 Å². The van der Waals surface area contributed by atoms with E-state index in [9.17, 15) is 29.2 Å². The van der Waals surface area contributed by atoms with E-state index in [4.69, 9.17) is 4.74 Å². The summed E-state index contributed by atoms with van der Waals surface area (Å²) in [6.45, 7) is -0.0523. The number of methoxy groups -OCH3 is 1. The zero-order valence-electron chi connectivity index (χ0n) is 14.4. The van der Waals surface area contributed by atoms with Crippen LogP contribution in [0.25, 0.3) is 6.08 Å². The van der Waals surface area contributed by atoms with Gasteiger partial charge in [0.15, 0.2) is 5.75 Å². The molecule has 0 aliphatic carbocycles. The number of aromatic hydroxyl groups is 1. The van der Waals surface area contributed by atoms with Gasteiger partial charge in [-0.1, -0.05) is 12.1 Å². The van der Waals surface area contributed by atoms with E-state index in [1.165, 1.54) is 49.6 Å². The molecule has 1 N–H and O–H groups in total. The first-order chi connectivity index (χ1) is 13.3. The number of phenols is 1. The van der Waals surface area contributed by atoms with E-state index in [2.05, 4.69) is 0 Å². The number of nitrogens with zero attached hydrogens (tertiary/aromatic N) is 2. The van der Waals surface area contributed by atoms with Crippen LogP contribution in [0.2, 0.25) is 0 Å². The number of benzene rings is 2. The molecule has 8 nitrogen and oxygen atoms in total. The standard InChI is InChI=1S/C18H13FN2O6S/c1-27-16-13(22)7-4-11(15(16)21(25)26)8-14-17(23)20(18(24)28-14)9-10-2-5-12(19)6-3-10/h2-8,22H,9H2,1H3/b14-8-. The molecule has 1 saturated heterocycles. The second kappa shape index (κ2) is 7.69. The first-order valence-electron chi connectivity index (χ1n) is 7.86. The molecule has 2 aromatic carbocycles. The molecular formula is C18H13FN2O6S. The van der Waals surface area contributed by atoms with Gasteiger partial charge in [0, 0.05) is 0 Å². The molecule has 0 bridgehead atoms. The second-order valence-corrected chi connectivity index (χ2v) is 6.70. The van der Waals surface area contributed by atoms with E-state index in [0.717, 1.165) is 4.90 Å². The summed E-state index contributed by atoms with van der Waals surface area (Å²) < 4.78 is 17.9. The van der Waals surface area contributed by atoms with Crippen LogP contribution in [0.1, 0.15) is 11.1 Å². The molecule has 0 radical (unpaired) electrons. The molecule has 1 fully saturated rings. The van der Waals surface area contributed by atoms with Crippen LogP contribution < -0.4 is 4.74 Å². The van der Waals surface area contributed by atoms with Crippen LogP contribution in [0.15, 0.2) is 41.3 Å². The van der Waals surface area contributed by atoms with Gasteiger partial charge < -0.3 is 9.84 Å². The van der Waals surface area contributed by atoms with Crippen LogP contribution >= 0.6 is 11.8 Å². The summed E-state index contributed by atoms with van der Waals surface area (Å²) >= 11 is 0.636. The van der Waals surface area contributed by atoms with Crippen LogP contribution in [-0.4, -0.2) is 33.2 Å². The highest BCUT2D eigenvalue weighted by Gasteiger charge is 2.36. The molecule has 2 aromatic rings. The average molecular weight is 404 g/mol. The number of amides is 2. The zero-order chi connectivity index (χ0) is 20.4. The van der Waals surface area contributed by atoms with Crippen molar-refractivity contribution in [3.8, 4) is 11.5 Å². The highest BCUT2D eigenvalue weighted by molar-refractivity contribution is 8.18. The lowest BCUT2D eigenvalue weighted by Crippen LogP contribution is -2.27. The number of carbonyl (C=O) groups is 2. The van der Waals surface area contributed by atoms with Gasteiger partial charge in [-0.15, -0.1) is 0 Å². The lowest BCUT2D eigenvalue weighted by Gasteiger charge is -2.12. The highest BCUT2D eigenvalue weighted by atomic mass is 32.2. The van der Waals surface area contributed by atoms with Crippen molar-refractivity contribution >= 4 is 34.7 Å². The molecule has 1 aliphatic rings. The predicted octanol–water partition coefficient (Wildman–Crippen LogP) is 3.68. The molecule has 28 heavy (non-hydrogen) atoms. The van der Waals surface area contributed by atoms with Gasteiger partial charge in [0.05, 0.1) is 29.0 Å². The molecule has 1 heterocycles.